The molecule has 0 aromatic heterocycles. The molecule has 146 valence electrons. The van der Waals surface area contributed by atoms with Crippen molar-refractivity contribution in [2.45, 2.75) is 19.4 Å². The average molecular weight is 431 g/mol. The molecule has 0 aliphatic heterocycles. The number of para-hydroxylation sites is 1. The molecule has 6 nitrogen and oxygen atoms in total. The molecule has 0 fully saturated rings. The summed E-state index contributed by atoms with van der Waals surface area (Å²) in [6.07, 6.45) is 1.86. The fraction of sp³-hybridized carbons (Fsp3) is 0.278. The van der Waals surface area contributed by atoms with Crippen molar-refractivity contribution in [1.82, 2.24) is 5.32 Å². The topological polar surface area (TPSA) is 84.5 Å². The van der Waals surface area contributed by atoms with E-state index < -0.39 is 10.0 Å². The van der Waals surface area contributed by atoms with Crippen molar-refractivity contribution in [2.24, 2.45) is 0 Å². The zero-order valence-corrected chi connectivity index (χ0v) is 17.0. The second-order valence-electron chi connectivity index (χ2n) is 5.83. The molecule has 0 atom stereocenters. The highest BCUT2D eigenvalue weighted by atomic mass is 35.5. The van der Waals surface area contributed by atoms with Gasteiger partial charge in [0.2, 0.25) is 15.9 Å². The number of amides is 1. The lowest BCUT2D eigenvalue weighted by Gasteiger charge is -2.12. The number of carbonyl (C=O) groups excluding carboxylic acids is 1. The smallest absolute Gasteiger partial charge is 0.229 e. The molecule has 2 aromatic rings. The Bertz CT molecular complexity index is 904. The lowest BCUT2D eigenvalue weighted by molar-refractivity contribution is -0.121. The van der Waals surface area contributed by atoms with E-state index in [0.29, 0.717) is 40.1 Å². The van der Waals surface area contributed by atoms with Gasteiger partial charge >= 0.3 is 0 Å². The quantitative estimate of drug-likeness (QED) is 0.591. The van der Waals surface area contributed by atoms with Crippen LogP contribution in [-0.4, -0.2) is 27.2 Å². The highest BCUT2D eigenvalue weighted by Gasteiger charge is 2.09. The first-order valence-electron chi connectivity index (χ1n) is 8.15. The lowest BCUT2D eigenvalue weighted by Crippen LogP contribution is -2.24. The summed E-state index contributed by atoms with van der Waals surface area (Å²) in [6, 6.07) is 11.8. The zero-order valence-electron chi connectivity index (χ0n) is 14.7. The first kappa shape index (κ1) is 21.3. The SMILES string of the molecule is CS(=O)(=O)Nc1ccccc1CNC(=O)CCCOc1ccc(Cl)cc1Cl. The van der Waals surface area contributed by atoms with Gasteiger partial charge in [-0.3, -0.25) is 9.52 Å². The van der Waals surface area contributed by atoms with Crippen molar-refractivity contribution >= 4 is 44.8 Å². The molecule has 0 aliphatic rings. The number of hydrogen-bond donors (Lipinski definition) is 2. The van der Waals surface area contributed by atoms with E-state index in [0.717, 1.165) is 6.26 Å². The Morgan fingerprint density at radius 1 is 1.15 bits per heavy atom. The summed E-state index contributed by atoms with van der Waals surface area (Å²) in [4.78, 5) is 12.0. The van der Waals surface area contributed by atoms with Crippen LogP contribution < -0.4 is 14.8 Å². The van der Waals surface area contributed by atoms with Crippen LogP contribution in [0.1, 0.15) is 18.4 Å². The van der Waals surface area contributed by atoms with Crippen LogP contribution in [-0.2, 0) is 21.4 Å². The number of rotatable bonds is 9. The molecular formula is C18H20Cl2N2O4S. The van der Waals surface area contributed by atoms with Crippen molar-refractivity contribution in [1.29, 1.82) is 0 Å². The minimum atomic E-state index is -3.39. The minimum absolute atomic E-state index is 0.157. The Kier molecular flexibility index (Phi) is 7.77. The van der Waals surface area contributed by atoms with Gasteiger partial charge in [0.15, 0.2) is 0 Å². The van der Waals surface area contributed by atoms with Gasteiger partial charge in [-0.1, -0.05) is 41.4 Å². The molecule has 9 heteroatoms. The van der Waals surface area contributed by atoms with E-state index >= 15 is 0 Å². The van der Waals surface area contributed by atoms with Gasteiger partial charge < -0.3 is 10.1 Å². The number of ether oxygens (including phenoxy) is 1. The number of benzene rings is 2. The predicted octanol–water partition coefficient (Wildman–Crippen LogP) is 3.84. The van der Waals surface area contributed by atoms with Gasteiger partial charge in [0.25, 0.3) is 0 Å². The third-order valence-electron chi connectivity index (χ3n) is 3.49. The Labute approximate surface area is 168 Å². The summed E-state index contributed by atoms with van der Waals surface area (Å²) in [7, 11) is -3.39. The van der Waals surface area contributed by atoms with Crippen LogP contribution in [0.5, 0.6) is 5.75 Å². The van der Waals surface area contributed by atoms with Gasteiger partial charge in [0.05, 0.1) is 23.6 Å². The van der Waals surface area contributed by atoms with Gasteiger partial charge in [0.1, 0.15) is 5.75 Å². The summed E-state index contributed by atoms with van der Waals surface area (Å²) in [5.74, 6) is 0.359. The van der Waals surface area contributed by atoms with Crippen LogP contribution >= 0.6 is 23.2 Å². The average Bonchev–Trinajstić information content (AvgIpc) is 2.58. The highest BCUT2D eigenvalue weighted by molar-refractivity contribution is 7.92. The first-order valence-corrected chi connectivity index (χ1v) is 10.8. The number of carbonyl (C=O) groups is 1. The maximum Gasteiger partial charge on any atom is 0.229 e. The summed E-state index contributed by atoms with van der Waals surface area (Å²) in [6.45, 7) is 0.558. The van der Waals surface area contributed by atoms with Crippen LogP contribution in [0, 0.1) is 0 Å². The van der Waals surface area contributed by atoms with E-state index in [1.54, 1.807) is 42.5 Å². The van der Waals surface area contributed by atoms with E-state index in [9.17, 15) is 13.2 Å². The largest absolute Gasteiger partial charge is 0.492 e. The molecule has 0 heterocycles. The van der Waals surface area contributed by atoms with E-state index in [2.05, 4.69) is 10.0 Å². The summed E-state index contributed by atoms with van der Waals surface area (Å²) >= 11 is 11.8. The number of nitrogens with one attached hydrogen (secondary N) is 2. The first-order chi connectivity index (χ1) is 12.7. The predicted molar refractivity (Wildman–Crippen MR) is 108 cm³/mol. The van der Waals surface area contributed by atoms with Gasteiger partial charge in [0, 0.05) is 18.0 Å². The number of hydrogen-bond acceptors (Lipinski definition) is 4. The second-order valence-corrected chi connectivity index (χ2v) is 8.43. The molecule has 1 amide bonds. The van der Waals surface area contributed by atoms with E-state index in [4.69, 9.17) is 27.9 Å². The van der Waals surface area contributed by atoms with Crippen molar-refractivity contribution in [3.8, 4) is 5.75 Å². The molecule has 0 bridgehead atoms. The zero-order chi connectivity index (χ0) is 19.9. The molecule has 2 N–H and O–H groups in total. The maximum atomic E-state index is 12.0. The summed E-state index contributed by atoms with van der Waals surface area (Å²) in [5, 5.41) is 3.71. The number of sulfonamides is 1. The van der Waals surface area contributed by atoms with E-state index in [1.165, 1.54) is 0 Å². The summed E-state index contributed by atoms with van der Waals surface area (Å²) in [5.41, 5.74) is 1.13. The van der Waals surface area contributed by atoms with Crippen molar-refractivity contribution < 1.29 is 17.9 Å². The fourth-order valence-corrected chi connectivity index (χ4v) is 3.32. The van der Waals surface area contributed by atoms with Crippen molar-refractivity contribution in [3.05, 3.63) is 58.1 Å². The van der Waals surface area contributed by atoms with Crippen LogP contribution in [0.25, 0.3) is 0 Å². The van der Waals surface area contributed by atoms with Crippen molar-refractivity contribution in [3.63, 3.8) is 0 Å². The van der Waals surface area contributed by atoms with Crippen LogP contribution in [0.15, 0.2) is 42.5 Å². The fourth-order valence-electron chi connectivity index (χ4n) is 2.26. The number of anilines is 1. The van der Waals surface area contributed by atoms with Gasteiger partial charge in [-0.2, -0.15) is 0 Å². The highest BCUT2D eigenvalue weighted by Crippen LogP contribution is 2.27. The standard InChI is InChI=1S/C18H20Cl2N2O4S/c1-27(24,25)22-16-6-3-2-5-13(16)12-21-18(23)7-4-10-26-17-9-8-14(19)11-15(17)20/h2-3,5-6,8-9,11,22H,4,7,10,12H2,1H3,(H,21,23). The molecule has 2 rings (SSSR count). The minimum Gasteiger partial charge on any atom is -0.492 e. The van der Waals surface area contributed by atoms with Crippen LogP contribution in [0.4, 0.5) is 5.69 Å². The third-order valence-corrected chi connectivity index (χ3v) is 4.61. The molecule has 0 saturated heterocycles. The molecule has 2 aromatic carbocycles. The Hall–Kier alpha value is -1.96. The van der Waals surface area contributed by atoms with E-state index in [-0.39, 0.29) is 18.9 Å². The molecular weight excluding hydrogens is 411 g/mol. The summed E-state index contributed by atoms with van der Waals surface area (Å²) < 4.78 is 30.8. The Balaban J connectivity index is 1.77. The number of halogens is 2. The van der Waals surface area contributed by atoms with E-state index in [1.807, 2.05) is 0 Å². The van der Waals surface area contributed by atoms with Gasteiger partial charge in [-0.25, -0.2) is 8.42 Å². The molecule has 0 spiro atoms. The normalized spacial score (nSPS) is 11.1. The molecule has 0 saturated carbocycles. The maximum absolute atomic E-state index is 12.0. The molecule has 0 aliphatic carbocycles. The Morgan fingerprint density at radius 3 is 2.59 bits per heavy atom. The Morgan fingerprint density at radius 2 is 1.89 bits per heavy atom. The lowest BCUT2D eigenvalue weighted by atomic mass is 10.2. The monoisotopic (exact) mass is 430 g/mol. The van der Waals surface area contributed by atoms with Crippen molar-refractivity contribution in [2.75, 3.05) is 17.6 Å². The second kappa shape index (κ2) is 9.82. The molecule has 0 radical (unpaired) electrons. The van der Waals surface area contributed by atoms with Gasteiger partial charge in [-0.05, 0) is 36.2 Å². The van der Waals surface area contributed by atoms with Crippen LogP contribution in [0.3, 0.4) is 0 Å². The van der Waals surface area contributed by atoms with Gasteiger partial charge in [-0.15, -0.1) is 0 Å². The third kappa shape index (κ3) is 7.66. The molecule has 0 unspecified atom stereocenters. The molecule has 27 heavy (non-hydrogen) atoms. The van der Waals surface area contributed by atoms with Crippen LogP contribution in [0.2, 0.25) is 10.0 Å².